The molecule has 2 aromatic rings. The van der Waals surface area contributed by atoms with Gasteiger partial charge >= 0.3 is 5.97 Å². The van der Waals surface area contributed by atoms with E-state index < -0.39 is 0 Å². The van der Waals surface area contributed by atoms with Crippen molar-refractivity contribution in [2.24, 2.45) is 0 Å². The maximum Gasteiger partial charge on any atom is 0.319 e. The summed E-state index contributed by atoms with van der Waals surface area (Å²) in [5.41, 5.74) is 3.23. The number of halogens is 3. The molecule has 2 unspecified atom stereocenters. The van der Waals surface area contributed by atoms with Crippen LogP contribution in [0.4, 0.5) is 5.69 Å². The van der Waals surface area contributed by atoms with Gasteiger partial charge in [-0.3, -0.25) is 14.6 Å². The van der Waals surface area contributed by atoms with E-state index in [4.69, 9.17) is 39.5 Å². The molecule has 0 bridgehead atoms. The summed E-state index contributed by atoms with van der Waals surface area (Å²) in [5.74, 6) is 0.357. The fraction of sp³-hybridized carbons (Fsp3) is 0.500. The van der Waals surface area contributed by atoms with Crippen molar-refractivity contribution < 1.29 is 9.53 Å². The van der Waals surface area contributed by atoms with Crippen LogP contribution in [0, 0.1) is 0 Å². The first-order valence-electron chi connectivity index (χ1n) is 11.9. The average molecular weight is 525 g/mol. The van der Waals surface area contributed by atoms with Crippen LogP contribution in [0.1, 0.15) is 49.3 Å². The van der Waals surface area contributed by atoms with E-state index in [1.165, 1.54) is 12.7 Å². The average Bonchev–Trinajstić information content (AvgIpc) is 3.29. The van der Waals surface area contributed by atoms with Gasteiger partial charge in [-0.05, 0) is 80.6 Å². The molecule has 2 aliphatic heterocycles. The van der Waals surface area contributed by atoms with Crippen molar-refractivity contribution >= 4 is 46.5 Å². The van der Waals surface area contributed by atoms with Crippen LogP contribution in [0.25, 0.3) is 0 Å². The van der Waals surface area contributed by atoms with Gasteiger partial charge in [-0.15, -0.1) is 0 Å². The largest absolute Gasteiger partial charge is 0.468 e. The van der Waals surface area contributed by atoms with E-state index in [2.05, 4.69) is 34.2 Å². The summed E-state index contributed by atoms with van der Waals surface area (Å²) in [5, 5.41) is 5.50. The number of benzene rings is 2. The van der Waals surface area contributed by atoms with Crippen LogP contribution in [-0.2, 0) is 9.53 Å². The Hall–Kier alpha value is -1.50. The Labute approximate surface area is 217 Å². The number of likely N-dealkylation sites (tertiary alicyclic amines) is 2. The molecule has 4 rings (SSSR count). The van der Waals surface area contributed by atoms with Gasteiger partial charge in [0.2, 0.25) is 0 Å². The summed E-state index contributed by atoms with van der Waals surface area (Å²) < 4.78 is 4.81. The molecule has 5 nitrogen and oxygen atoms in total. The summed E-state index contributed by atoms with van der Waals surface area (Å²) in [6.45, 7) is 6.51. The number of rotatable bonds is 7. The standard InChI is InChI=1S/C26H32Cl3N3O2/c1-17(22-5-4-20(27)14-24(22)29)30-25-13-19(3-6-23(25)28)18-7-11-32(12-8-18)21-9-10-31(15-21)16-26(33)34-2/h3-6,13-14,17-18,21,30H,7-12,15-16H2,1-2H3. The Morgan fingerprint density at radius 2 is 1.82 bits per heavy atom. The van der Waals surface area contributed by atoms with Crippen molar-refractivity contribution in [1.82, 2.24) is 9.80 Å². The van der Waals surface area contributed by atoms with E-state index in [-0.39, 0.29) is 12.0 Å². The molecule has 0 saturated carbocycles. The quantitative estimate of drug-likeness (QED) is 0.434. The molecule has 2 fully saturated rings. The molecule has 34 heavy (non-hydrogen) atoms. The number of hydrogen-bond donors (Lipinski definition) is 1. The lowest BCUT2D eigenvalue weighted by Crippen LogP contribution is -2.42. The van der Waals surface area contributed by atoms with Crippen LogP contribution < -0.4 is 5.32 Å². The first-order valence-corrected chi connectivity index (χ1v) is 13.0. The zero-order valence-electron chi connectivity index (χ0n) is 19.7. The lowest BCUT2D eigenvalue weighted by atomic mass is 9.88. The number of piperidine rings is 1. The van der Waals surface area contributed by atoms with E-state index in [0.717, 1.165) is 56.7 Å². The highest BCUT2D eigenvalue weighted by Crippen LogP contribution is 2.36. The van der Waals surface area contributed by atoms with E-state index >= 15 is 0 Å². The predicted octanol–water partition coefficient (Wildman–Crippen LogP) is 6.25. The van der Waals surface area contributed by atoms with Gasteiger partial charge in [0, 0.05) is 29.2 Å². The normalized spacial score (nSPS) is 20.9. The Morgan fingerprint density at radius 3 is 2.53 bits per heavy atom. The molecule has 2 atom stereocenters. The molecule has 0 amide bonds. The molecule has 0 aromatic heterocycles. The van der Waals surface area contributed by atoms with Crippen LogP contribution >= 0.6 is 34.8 Å². The summed E-state index contributed by atoms with van der Waals surface area (Å²) in [6.07, 6.45) is 3.35. The third-order valence-corrected chi connectivity index (χ3v) is 8.03. The van der Waals surface area contributed by atoms with Crippen LogP contribution in [0.2, 0.25) is 15.1 Å². The highest BCUT2D eigenvalue weighted by Gasteiger charge is 2.31. The van der Waals surface area contributed by atoms with Crippen LogP contribution in [0.3, 0.4) is 0 Å². The van der Waals surface area contributed by atoms with Gasteiger partial charge in [-0.1, -0.05) is 46.9 Å². The van der Waals surface area contributed by atoms with Crippen molar-refractivity contribution in [1.29, 1.82) is 0 Å². The summed E-state index contributed by atoms with van der Waals surface area (Å²) in [4.78, 5) is 16.4. The van der Waals surface area contributed by atoms with Gasteiger partial charge in [0.15, 0.2) is 0 Å². The molecule has 1 N–H and O–H groups in total. The number of nitrogens with zero attached hydrogens (tertiary/aromatic N) is 2. The fourth-order valence-corrected chi connectivity index (χ4v) is 5.91. The van der Waals surface area contributed by atoms with Gasteiger partial charge in [0.05, 0.1) is 30.4 Å². The number of hydrogen-bond acceptors (Lipinski definition) is 5. The van der Waals surface area contributed by atoms with Crippen molar-refractivity contribution in [3.05, 3.63) is 62.6 Å². The maximum absolute atomic E-state index is 11.6. The number of esters is 1. The molecule has 2 aliphatic rings. The number of ether oxygens (including phenoxy) is 1. The highest BCUT2D eigenvalue weighted by atomic mass is 35.5. The lowest BCUT2D eigenvalue weighted by Gasteiger charge is -2.36. The number of anilines is 1. The number of methoxy groups -OCH3 is 1. The molecule has 184 valence electrons. The molecule has 0 spiro atoms. The Bertz CT molecular complexity index is 1010. The molecule has 0 radical (unpaired) electrons. The second-order valence-corrected chi connectivity index (χ2v) is 10.6. The Kier molecular flexibility index (Phi) is 8.65. The molecule has 8 heteroatoms. The topological polar surface area (TPSA) is 44.8 Å². The number of carbonyl (C=O) groups excluding carboxylic acids is 1. The van der Waals surface area contributed by atoms with Gasteiger partial charge in [0.1, 0.15) is 0 Å². The van der Waals surface area contributed by atoms with E-state index in [0.29, 0.717) is 33.6 Å². The molecule has 2 aromatic carbocycles. The summed E-state index contributed by atoms with van der Waals surface area (Å²) >= 11 is 19.0. The van der Waals surface area contributed by atoms with Crippen LogP contribution in [0.5, 0.6) is 0 Å². The molecular formula is C26H32Cl3N3O2. The third-order valence-electron chi connectivity index (χ3n) is 7.14. The first kappa shape index (κ1) is 25.6. The Balaban J connectivity index is 1.35. The minimum atomic E-state index is -0.154. The number of carbonyl (C=O) groups is 1. The first-order chi connectivity index (χ1) is 16.3. The molecular weight excluding hydrogens is 493 g/mol. The lowest BCUT2D eigenvalue weighted by molar-refractivity contribution is -0.141. The van der Waals surface area contributed by atoms with Gasteiger partial charge in [-0.2, -0.15) is 0 Å². The van der Waals surface area contributed by atoms with Gasteiger partial charge < -0.3 is 10.1 Å². The van der Waals surface area contributed by atoms with Gasteiger partial charge in [-0.25, -0.2) is 0 Å². The monoisotopic (exact) mass is 523 g/mol. The molecule has 2 heterocycles. The van der Waals surface area contributed by atoms with Crippen LogP contribution in [-0.4, -0.2) is 61.6 Å². The van der Waals surface area contributed by atoms with Crippen LogP contribution in [0.15, 0.2) is 36.4 Å². The zero-order chi connectivity index (χ0) is 24.2. The summed E-state index contributed by atoms with van der Waals surface area (Å²) in [6, 6.07) is 12.4. The van der Waals surface area contributed by atoms with Crippen molar-refractivity contribution in [2.45, 2.75) is 44.2 Å². The zero-order valence-corrected chi connectivity index (χ0v) is 22.0. The minimum Gasteiger partial charge on any atom is -0.468 e. The maximum atomic E-state index is 11.6. The van der Waals surface area contributed by atoms with E-state index in [1.807, 2.05) is 18.2 Å². The molecule has 2 saturated heterocycles. The van der Waals surface area contributed by atoms with E-state index in [1.54, 1.807) is 6.07 Å². The predicted molar refractivity (Wildman–Crippen MR) is 140 cm³/mol. The fourth-order valence-electron chi connectivity index (χ4n) is 5.17. The van der Waals surface area contributed by atoms with Crippen molar-refractivity contribution in [3.8, 4) is 0 Å². The number of nitrogens with one attached hydrogen (secondary N) is 1. The minimum absolute atomic E-state index is 0.00494. The van der Waals surface area contributed by atoms with Gasteiger partial charge in [0.25, 0.3) is 0 Å². The SMILES string of the molecule is COC(=O)CN1CCC(N2CCC(c3ccc(Cl)c(NC(C)c4ccc(Cl)cc4Cl)c3)CC2)C1. The smallest absolute Gasteiger partial charge is 0.319 e. The van der Waals surface area contributed by atoms with Crippen molar-refractivity contribution in [2.75, 3.05) is 45.2 Å². The highest BCUT2D eigenvalue weighted by molar-refractivity contribution is 6.35. The van der Waals surface area contributed by atoms with Crippen molar-refractivity contribution in [3.63, 3.8) is 0 Å². The Morgan fingerprint density at radius 1 is 1.06 bits per heavy atom. The van der Waals surface area contributed by atoms with E-state index in [9.17, 15) is 4.79 Å². The second-order valence-electron chi connectivity index (χ2n) is 9.34. The molecule has 0 aliphatic carbocycles. The third kappa shape index (κ3) is 6.19. The second kappa shape index (κ2) is 11.5. The summed E-state index contributed by atoms with van der Waals surface area (Å²) in [7, 11) is 1.45.